The minimum absolute atomic E-state index is 0.317. The Kier molecular flexibility index (Phi) is 3.61. The Bertz CT molecular complexity index is 641. The van der Waals surface area contributed by atoms with E-state index in [1.54, 1.807) is 11.8 Å². The van der Waals surface area contributed by atoms with Crippen molar-refractivity contribution in [1.82, 2.24) is 0 Å². The zero-order valence-corrected chi connectivity index (χ0v) is 14.0. The van der Waals surface area contributed by atoms with Crippen LogP contribution in [0.15, 0.2) is 51.8 Å². The van der Waals surface area contributed by atoms with Crippen molar-refractivity contribution >= 4 is 17.5 Å². The number of rotatable bonds is 2. The molecule has 0 amide bonds. The van der Waals surface area contributed by atoms with Crippen LogP contribution in [0.3, 0.4) is 0 Å². The standard InChI is InChI=1S/C19H22OS/c1-12(2)19(13(3)4)10-9-17-15(18(19)20)11-14-7-5-6-8-16(14)21-17/h5-10,12-13H,11H2,1-4H3. The molecule has 0 spiro atoms. The van der Waals surface area contributed by atoms with Crippen molar-refractivity contribution in [3.05, 3.63) is 52.5 Å². The topological polar surface area (TPSA) is 17.1 Å². The molecule has 0 atom stereocenters. The minimum Gasteiger partial charge on any atom is -0.293 e. The van der Waals surface area contributed by atoms with Crippen LogP contribution in [-0.4, -0.2) is 5.78 Å². The summed E-state index contributed by atoms with van der Waals surface area (Å²) in [6, 6.07) is 8.42. The van der Waals surface area contributed by atoms with E-state index in [0.29, 0.717) is 17.6 Å². The molecule has 0 aromatic heterocycles. The van der Waals surface area contributed by atoms with Gasteiger partial charge in [-0.3, -0.25) is 4.79 Å². The van der Waals surface area contributed by atoms with E-state index >= 15 is 0 Å². The highest BCUT2D eigenvalue weighted by atomic mass is 32.2. The average molecular weight is 298 g/mol. The number of Topliss-reactive ketones (excluding diaryl/α,β-unsaturated/α-hetero) is 1. The molecule has 3 rings (SSSR count). The normalized spacial score (nSPS) is 20.0. The van der Waals surface area contributed by atoms with E-state index in [4.69, 9.17) is 0 Å². The van der Waals surface area contributed by atoms with Gasteiger partial charge in [0.15, 0.2) is 5.78 Å². The molecule has 2 aliphatic rings. The lowest BCUT2D eigenvalue weighted by Crippen LogP contribution is -2.42. The SMILES string of the molecule is CC(C)C1(C(C)C)C=CC2=C(Cc3ccccc3S2)C1=O. The summed E-state index contributed by atoms with van der Waals surface area (Å²) in [7, 11) is 0. The van der Waals surface area contributed by atoms with Gasteiger partial charge < -0.3 is 0 Å². The summed E-state index contributed by atoms with van der Waals surface area (Å²) in [5.41, 5.74) is 1.96. The molecule has 0 bridgehead atoms. The highest BCUT2D eigenvalue weighted by molar-refractivity contribution is 8.03. The summed E-state index contributed by atoms with van der Waals surface area (Å²) in [6.45, 7) is 8.66. The van der Waals surface area contributed by atoms with Crippen LogP contribution in [0.5, 0.6) is 0 Å². The van der Waals surface area contributed by atoms with Gasteiger partial charge in [0.2, 0.25) is 0 Å². The molecule has 0 N–H and O–H groups in total. The van der Waals surface area contributed by atoms with Crippen LogP contribution < -0.4 is 0 Å². The first-order chi connectivity index (χ1) is 9.96. The highest BCUT2D eigenvalue weighted by Gasteiger charge is 2.46. The van der Waals surface area contributed by atoms with Crippen molar-refractivity contribution in [2.75, 3.05) is 0 Å². The predicted molar refractivity (Wildman–Crippen MR) is 89.3 cm³/mol. The third-order valence-electron chi connectivity index (χ3n) is 4.95. The zero-order chi connectivity index (χ0) is 15.2. The number of allylic oxidation sites excluding steroid dienone is 3. The second-order valence-corrected chi connectivity index (χ2v) is 7.72. The summed E-state index contributed by atoms with van der Waals surface area (Å²) >= 11 is 1.74. The van der Waals surface area contributed by atoms with Crippen LogP contribution in [0.1, 0.15) is 33.3 Å². The first-order valence-corrected chi connectivity index (χ1v) is 8.51. The van der Waals surface area contributed by atoms with Gasteiger partial charge >= 0.3 is 0 Å². The van der Waals surface area contributed by atoms with Gasteiger partial charge in [-0.15, -0.1) is 0 Å². The zero-order valence-electron chi connectivity index (χ0n) is 13.1. The summed E-state index contributed by atoms with van der Waals surface area (Å²) < 4.78 is 0. The monoisotopic (exact) mass is 298 g/mol. The summed E-state index contributed by atoms with van der Waals surface area (Å²) in [6.07, 6.45) is 5.14. The molecule has 0 radical (unpaired) electrons. The van der Waals surface area contributed by atoms with Crippen LogP contribution >= 0.6 is 11.8 Å². The molecule has 0 saturated heterocycles. The third-order valence-corrected chi connectivity index (χ3v) is 6.17. The maximum atomic E-state index is 13.3. The fourth-order valence-electron chi connectivity index (χ4n) is 3.66. The Morgan fingerprint density at radius 1 is 1.10 bits per heavy atom. The van der Waals surface area contributed by atoms with Crippen LogP contribution in [0.25, 0.3) is 0 Å². The van der Waals surface area contributed by atoms with Crippen molar-refractivity contribution < 1.29 is 4.79 Å². The van der Waals surface area contributed by atoms with Crippen LogP contribution in [0.2, 0.25) is 0 Å². The number of thioether (sulfide) groups is 1. The molecule has 0 saturated carbocycles. The molecular weight excluding hydrogens is 276 g/mol. The van der Waals surface area contributed by atoms with E-state index < -0.39 is 0 Å². The van der Waals surface area contributed by atoms with Crippen molar-refractivity contribution in [2.24, 2.45) is 17.3 Å². The van der Waals surface area contributed by atoms with Gasteiger partial charge in [-0.05, 0) is 23.5 Å². The largest absolute Gasteiger partial charge is 0.293 e. The van der Waals surface area contributed by atoms with E-state index in [2.05, 4.69) is 64.1 Å². The van der Waals surface area contributed by atoms with E-state index in [-0.39, 0.29) is 5.41 Å². The molecule has 1 aliphatic carbocycles. The van der Waals surface area contributed by atoms with E-state index in [9.17, 15) is 4.79 Å². The fraction of sp³-hybridized carbons (Fsp3) is 0.421. The van der Waals surface area contributed by atoms with Crippen LogP contribution in [0.4, 0.5) is 0 Å². The Morgan fingerprint density at radius 2 is 1.76 bits per heavy atom. The number of fused-ring (bicyclic) bond motifs is 1. The molecule has 0 unspecified atom stereocenters. The summed E-state index contributed by atoms with van der Waals surface area (Å²) in [4.78, 5) is 15.7. The average Bonchev–Trinajstić information content (AvgIpc) is 2.45. The lowest BCUT2D eigenvalue weighted by molar-refractivity contribution is -0.127. The molecule has 1 heterocycles. The molecule has 1 aliphatic heterocycles. The molecule has 2 heteroatoms. The fourth-order valence-corrected chi connectivity index (χ4v) is 4.74. The first-order valence-electron chi connectivity index (χ1n) is 7.69. The molecular formula is C19H22OS. The van der Waals surface area contributed by atoms with Crippen molar-refractivity contribution in [1.29, 1.82) is 0 Å². The first kappa shape index (κ1) is 14.6. The predicted octanol–water partition coefficient (Wildman–Crippen LogP) is 5.03. The maximum Gasteiger partial charge on any atom is 0.170 e. The second kappa shape index (κ2) is 5.17. The van der Waals surface area contributed by atoms with Gasteiger partial charge in [0.05, 0.1) is 5.41 Å². The van der Waals surface area contributed by atoms with Crippen LogP contribution in [-0.2, 0) is 11.2 Å². The quantitative estimate of drug-likeness (QED) is 0.762. The van der Waals surface area contributed by atoms with Crippen molar-refractivity contribution in [3.8, 4) is 0 Å². The van der Waals surface area contributed by atoms with E-state index in [1.807, 2.05) is 0 Å². The highest BCUT2D eigenvalue weighted by Crippen LogP contribution is 2.49. The molecule has 1 nitrogen and oxygen atoms in total. The van der Waals surface area contributed by atoms with Gasteiger partial charge in [0.25, 0.3) is 0 Å². The van der Waals surface area contributed by atoms with Crippen molar-refractivity contribution in [2.45, 2.75) is 39.0 Å². The van der Waals surface area contributed by atoms with E-state index in [0.717, 1.165) is 16.9 Å². The number of hydrogen-bond acceptors (Lipinski definition) is 2. The van der Waals surface area contributed by atoms with Gasteiger partial charge in [0.1, 0.15) is 0 Å². The Balaban J connectivity index is 2.05. The molecule has 21 heavy (non-hydrogen) atoms. The lowest BCUT2D eigenvalue weighted by atomic mass is 9.62. The number of hydrogen-bond donors (Lipinski definition) is 0. The number of ketones is 1. The molecule has 110 valence electrons. The Morgan fingerprint density at radius 3 is 2.43 bits per heavy atom. The lowest BCUT2D eigenvalue weighted by Gasteiger charge is -2.41. The van der Waals surface area contributed by atoms with Crippen LogP contribution in [0, 0.1) is 17.3 Å². The summed E-state index contributed by atoms with van der Waals surface area (Å²) in [5.74, 6) is 0.974. The van der Waals surface area contributed by atoms with Crippen molar-refractivity contribution in [3.63, 3.8) is 0 Å². The smallest absolute Gasteiger partial charge is 0.170 e. The van der Waals surface area contributed by atoms with Gasteiger partial charge in [-0.25, -0.2) is 0 Å². The Hall–Kier alpha value is -1.28. The van der Waals surface area contributed by atoms with Gasteiger partial charge in [0, 0.05) is 21.8 Å². The summed E-state index contributed by atoms with van der Waals surface area (Å²) in [5, 5.41) is 0. The number of carbonyl (C=O) groups excluding carboxylic acids is 1. The number of benzene rings is 1. The second-order valence-electron chi connectivity index (χ2n) is 6.63. The maximum absolute atomic E-state index is 13.3. The Labute approximate surface area is 131 Å². The third kappa shape index (κ3) is 2.12. The number of carbonyl (C=O) groups is 1. The van der Waals surface area contributed by atoms with Gasteiger partial charge in [-0.1, -0.05) is 69.8 Å². The molecule has 1 aromatic carbocycles. The minimum atomic E-state index is -0.342. The molecule has 0 fully saturated rings. The molecule has 1 aromatic rings. The van der Waals surface area contributed by atoms with E-state index in [1.165, 1.54) is 10.5 Å². The van der Waals surface area contributed by atoms with Gasteiger partial charge in [-0.2, -0.15) is 0 Å².